The first-order valence-corrected chi connectivity index (χ1v) is 10.5. The SMILES string of the molecule is CCC(C)OS(=O)(=O)C(F)(F)C(=O)OCC12CC3CC(CC(C3)C1)C2. The fourth-order valence-corrected chi connectivity index (χ4v) is 6.17. The molecule has 1 atom stereocenters. The van der Waals surface area contributed by atoms with E-state index in [2.05, 4.69) is 4.18 Å². The third kappa shape index (κ3) is 3.56. The second-order valence-corrected chi connectivity index (χ2v) is 9.89. The summed E-state index contributed by atoms with van der Waals surface area (Å²) in [6, 6.07) is 0. The second-order valence-electron chi connectivity index (χ2n) is 8.28. The van der Waals surface area contributed by atoms with E-state index in [1.54, 1.807) is 6.92 Å². The molecule has 25 heavy (non-hydrogen) atoms. The van der Waals surface area contributed by atoms with Gasteiger partial charge in [-0.1, -0.05) is 6.92 Å². The monoisotopic (exact) mass is 380 g/mol. The van der Waals surface area contributed by atoms with Crippen LogP contribution in [0, 0.1) is 23.2 Å². The molecule has 0 aromatic heterocycles. The Kier molecular flexibility index (Phi) is 4.90. The molecule has 144 valence electrons. The molecule has 0 saturated heterocycles. The van der Waals surface area contributed by atoms with Gasteiger partial charge in [-0.25, -0.2) is 4.79 Å². The van der Waals surface area contributed by atoms with Gasteiger partial charge in [0.1, 0.15) is 0 Å². The minimum absolute atomic E-state index is 0.121. The molecule has 0 aromatic carbocycles. The molecular weight excluding hydrogens is 354 g/mol. The molecule has 0 heterocycles. The highest BCUT2D eigenvalue weighted by Crippen LogP contribution is 2.60. The summed E-state index contributed by atoms with van der Waals surface area (Å²) in [4.78, 5) is 11.8. The normalized spacial score (nSPS) is 35.6. The molecule has 0 radical (unpaired) electrons. The first-order chi connectivity index (χ1) is 11.6. The van der Waals surface area contributed by atoms with Gasteiger partial charge in [0, 0.05) is 5.41 Å². The number of carbonyl (C=O) groups is 1. The summed E-state index contributed by atoms with van der Waals surface area (Å²) in [5.74, 6) is -0.264. The molecule has 0 aliphatic heterocycles. The van der Waals surface area contributed by atoms with Gasteiger partial charge in [0.2, 0.25) is 0 Å². The predicted molar refractivity (Wildman–Crippen MR) is 86.3 cm³/mol. The molecule has 4 saturated carbocycles. The number of esters is 1. The number of hydrogen-bond acceptors (Lipinski definition) is 5. The van der Waals surface area contributed by atoms with Crippen molar-refractivity contribution in [2.45, 2.75) is 70.2 Å². The van der Waals surface area contributed by atoms with Gasteiger partial charge in [-0.05, 0) is 69.6 Å². The van der Waals surface area contributed by atoms with Crippen molar-refractivity contribution in [1.82, 2.24) is 0 Å². The van der Waals surface area contributed by atoms with Crippen molar-refractivity contribution in [1.29, 1.82) is 0 Å². The fraction of sp³-hybridized carbons (Fsp3) is 0.941. The lowest BCUT2D eigenvalue weighted by Crippen LogP contribution is -2.49. The van der Waals surface area contributed by atoms with Gasteiger partial charge in [-0.3, -0.25) is 4.18 Å². The highest BCUT2D eigenvalue weighted by Gasteiger charge is 2.58. The van der Waals surface area contributed by atoms with Crippen molar-refractivity contribution in [3.8, 4) is 0 Å². The van der Waals surface area contributed by atoms with Crippen LogP contribution in [0.4, 0.5) is 8.78 Å². The standard InChI is InChI=1S/C17H26F2O5S/c1-3-11(2)24-25(21,22)17(18,19)15(20)23-10-16-7-12-4-13(8-16)6-14(5-12)9-16/h11-14H,3-10H2,1-2H3. The lowest BCUT2D eigenvalue weighted by Gasteiger charge is -2.56. The Bertz CT molecular complexity index is 596. The summed E-state index contributed by atoms with van der Waals surface area (Å²) >= 11 is 0. The van der Waals surface area contributed by atoms with E-state index < -0.39 is 27.4 Å². The van der Waals surface area contributed by atoms with Crippen LogP contribution in [0.5, 0.6) is 0 Å². The largest absolute Gasteiger partial charge is 0.466 e. The first kappa shape index (κ1) is 19.0. The molecule has 1 unspecified atom stereocenters. The zero-order valence-electron chi connectivity index (χ0n) is 14.7. The average Bonchev–Trinajstić information content (AvgIpc) is 2.50. The number of ether oxygens (including phenoxy) is 1. The number of alkyl halides is 2. The van der Waals surface area contributed by atoms with E-state index >= 15 is 0 Å². The van der Waals surface area contributed by atoms with E-state index in [1.807, 2.05) is 0 Å². The fourth-order valence-electron chi connectivity index (χ4n) is 5.22. The molecule has 0 amide bonds. The van der Waals surface area contributed by atoms with Gasteiger partial charge < -0.3 is 4.74 Å². The Morgan fingerprint density at radius 2 is 1.64 bits per heavy atom. The summed E-state index contributed by atoms with van der Waals surface area (Å²) < 4.78 is 60.8. The van der Waals surface area contributed by atoms with Crippen molar-refractivity contribution in [3.63, 3.8) is 0 Å². The summed E-state index contributed by atoms with van der Waals surface area (Å²) in [5, 5.41) is -4.68. The van der Waals surface area contributed by atoms with Crippen molar-refractivity contribution in [2.75, 3.05) is 6.61 Å². The molecule has 0 spiro atoms. The average molecular weight is 380 g/mol. The van der Waals surface area contributed by atoms with Crippen molar-refractivity contribution >= 4 is 16.1 Å². The van der Waals surface area contributed by atoms with Gasteiger partial charge >= 0.3 is 21.3 Å². The number of carbonyl (C=O) groups excluding carboxylic acids is 1. The lowest BCUT2D eigenvalue weighted by atomic mass is 9.50. The zero-order chi connectivity index (χ0) is 18.5. The van der Waals surface area contributed by atoms with Crippen LogP contribution in [-0.2, 0) is 23.8 Å². The number of hydrogen-bond donors (Lipinski definition) is 0. The summed E-state index contributed by atoms with van der Waals surface area (Å²) in [7, 11) is -5.36. The molecule has 4 rings (SSSR count). The van der Waals surface area contributed by atoms with Crippen molar-refractivity contribution < 1.29 is 30.9 Å². The van der Waals surface area contributed by atoms with E-state index in [0.29, 0.717) is 17.8 Å². The van der Waals surface area contributed by atoms with Crippen LogP contribution >= 0.6 is 0 Å². The summed E-state index contributed by atoms with van der Waals surface area (Å²) in [6.07, 6.45) is 5.50. The molecule has 4 aliphatic carbocycles. The van der Waals surface area contributed by atoms with Gasteiger partial charge in [-0.15, -0.1) is 0 Å². The maximum Gasteiger partial charge on any atom is 0.466 e. The smallest absolute Gasteiger partial charge is 0.460 e. The predicted octanol–water partition coefficient (Wildman–Crippen LogP) is 3.48. The summed E-state index contributed by atoms with van der Waals surface area (Å²) in [5.41, 5.74) is -0.248. The van der Waals surface area contributed by atoms with Crippen LogP contribution in [0.1, 0.15) is 58.8 Å². The number of halogens is 2. The molecule has 5 nitrogen and oxygen atoms in total. The van der Waals surface area contributed by atoms with Crippen LogP contribution in [0.3, 0.4) is 0 Å². The molecule has 4 bridgehead atoms. The lowest BCUT2D eigenvalue weighted by molar-refractivity contribution is -0.172. The third-order valence-electron chi connectivity index (χ3n) is 6.09. The second kappa shape index (κ2) is 6.44. The highest BCUT2D eigenvalue weighted by atomic mass is 32.2. The molecule has 4 aliphatic rings. The van der Waals surface area contributed by atoms with E-state index in [-0.39, 0.29) is 18.4 Å². The van der Waals surface area contributed by atoms with Gasteiger partial charge in [0.05, 0.1) is 12.7 Å². The first-order valence-electron chi connectivity index (χ1n) is 9.05. The molecule has 8 heteroatoms. The van der Waals surface area contributed by atoms with E-state index in [1.165, 1.54) is 26.2 Å². The number of rotatable bonds is 7. The molecule has 0 N–H and O–H groups in total. The summed E-state index contributed by atoms with van der Waals surface area (Å²) in [6.45, 7) is 2.84. The topological polar surface area (TPSA) is 69.7 Å². The zero-order valence-corrected chi connectivity index (χ0v) is 15.5. The van der Waals surface area contributed by atoms with Gasteiger partial charge in [-0.2, -0.15) is 17.2 Å². The van der Waals surface area contributed by atoms with Crippen LogP contribution in [0.2, 0.25) is 0 Å². The van der Waals surface area contributed by atoms with E-state index in [4.69, 9.17) is 4.74 Å². The van der Waals surface area contributed by atoms with Gasteiger partial charge in [0.15, 0.2) is 0 Å². The van der Waals surface area contributed by atoms with Crippen LogP contribution in [0.15, 0.2) is 0 Å². The highest BCUT2D eigenvalue weighted by molar-refractivity contribution is 7.88. The molecule has 0 aromatic rings. The Morgan fingerprint density at radius 1 is 1.16 bits per heavy atom. The van der Waals surface area contributed by atoms with Crippen LogP contribution in [-0.4, -0.2) is 32.4 Å². The maximum absolute atomic E-state index is 14.1. The van der Waals surface area contributed by atoms with E-state index in [9.17, 15) is 22.0 Å². The Morgan fingerprint density at radius 3 is 2.08 bits per heavy atom. The Labute approximate surface area is 147 Å². The maximum atomic E-state index is 14.1. The van der Waals surface area contributed by atoms with E-state index in [0.717, 1.165) is 19.3 Å². The van der Waals surface area contributed by atoms with Crippen molar-refractivity contribution in [3.05, 3.63) is 0 Å². The quantitative estimate of drug-likeness (QED) is 0.500. The molecule has 4 fully saturated rings. The minimum atomic E-state index is -5.36. The Hall–Kier alpha value is -0.760. The van der Waals surface area contributed by atoms with Crippen LogP contribution < -0.4 is 0 Å². The molecular formula is C17H26F2O5S. The van der Waals surface area contributed by atoms with Gasteiger partial charge in [0.25, 0.3) is 0 Å². The minimum Gasteiger partial charge on any atom is -0.460 e. The van der Waals surface area contributed by atoms with Crippen molar-refractivity contribution in [2.24, 2.45) is 23.2 Å². The van der Waals surface area contributed by atoms with Crippen LogP contribution in [0.25, 0.3) is 0 Å². The Balaban J connectivity index is 1.64. The third-order valence-corrected chi connectivity index (χ3v) is 7.47.